The van der Waals surface area contributed by atoms with Crippen LogP contribution in [0.5, 0.6) is 0 Å². The maximum Gasteiger partial charge on any atom is 0.305 e. The smallest absolute Gasteiger partial charge is 0.305 e. The summed E-state index contributed by atoms with van der Waals surface area (Å²) >= 11 is 1.49. The fourth-order valence-electron chi connectivity index (χ4n) is 8.00. The quantitative estimate of drug-likeness (QED) is 0.0219. The van der Waals surface area contributed by atoms with Gasteiger partial charge in [-0.3, -0.25) is 52.7 Å². The summed E-state index contributed by atoms with van der Waals surface area (Å²) in [6, 6.07) is -11.6. The van der Waals surface area contributed by atoms with Crippen molar-refractivity contribution in [1.29, 1.82) is 0 Å². The van der Waals surface area contributed by atoms with Crippen LogP contribution in [-0.4, -0.2) is 179 Å². The number of aliphatic carboxylic acids is 1. The lowest BCUT2D eigenvalue weighted by Crippen LogP contribution is -2.61. The second kappa shape index (κ2) is 40.4. The molecule has 0 aliphatic carbocycles. The predicted molar refractivity (Wildman–Crippen MR) is 301 cm³/mol. The van der Waals surface area contributed by atoms with Crippen molar-refractivity contribution in [3.05, 3.63) is 18.2 Å². The molecule has 29 nitrogen and oxygen atoms in total. The van der Waals surface area contributed by atoms with Crippen LogP contribution in [0.15, 0.2) is 12.5 Å². The average Bonchev–Trinajstić information content (AvgIpc) is 3.94. The molecule has 81 heavy (non-hydrogen) atoms. The number of primary amides is 1. The molecule has 30 heteroatoms. The first-order valence-electron chi connectivity index (χ1n) is 27.4. The average molecular weight is 1170 g/mol. The molecular formula is C51H90N16O13S. The molecule has 0 radical (unpaired) electrons. The monoisotopic (exact) mass is 1170 g/mol. The normalized spacial score (nSPS) is 14.8. The van der Waals surface area contributed by atoms with Gasteiger partial charge in [-0.05, 0) is 114 Å². The van der Waals surface area contributed by atoms with Crippen LogP contribution in [0.4, 0.5) is 0 Å². The highest BCUT2D eigenvalue weighted by Crippen LogP contribution is 2.14. The van der Waals surface area contributed by atoms with E-state index in [1.165, 1.54) is 24.3 Å². The van der Waals surface area contributed by atoms with Gasteiger partial charge in [0.1, 0.15) is 48.6 Å². The molecular weight excluding hydrogens is 1080 g/mol. The largest absolute Gasteiger partial charge is 0.481 e. The molecule has 0 aliphatic heterocycles. The van der Waals surface area contributed by atoms with Crippen LogP contribution in [-0.2, 0) is 64.0 Å². The molecule has 1 heterocycles. The summed E-state index contributed by atoms with van der Waals surface area (Å²) in [7, 11) is 0. The zero-order valence-electron chi connectivity index (χ0n) is 47.3. The third kappa shape index (κ3) is 29.0. The number of imidazole rings is 1. The fraction of sp³-hybridized carbons (Fsp3) is 0.706. The first-order valence-corrected chi connectivity index (χ1v) is 28.8. The maximum atomic E-state index is 14.2. The number of aromatic nitrogens is 2. The van der Waals surface area contributed by atoms with Crippen LogP contribution in [0.1, 0.15) is 123 Å². The molecule has 1 aromatic rings. The zero-order valence-corrected chi connectivity index (χ0v) is 48.1. The number of nitrogens with zero attached hydrogens (tertiary/aromatic N) is 1. The van der Waals surface area contributed by atoms with Crippen molar-refractivity contribution in [2.24, 2.45) is 40.5 Å². The summed E-state index contributed by atoms with van der Waals surface area (Å²) in [5.41, 5.74) is 29.0. The van der Waals surface area contributed by atoms with Gasteiger partial charge < -0.3 is 91.4 Å². The van der Waals surface area contributed by atoms with E-state index < -0.39 is 144 Å². The van der Waals surface area contributed by atoms with Gasteiger partial charge in [0.15, 0.2) is 0 Å². The highest BCUT2D eigenvalue weighted by molar-refractivity contribution is 7.98. The Morgan fingerprint density at radius 1 is 0.630 bits per heavy atom. The Kier molecular flexibility index (Phi) is 36.1. The Morgan fingerprint density at radius 2 is 1.11 bits per heavy atom. The molecule has 1 rings (SSSR count). The number of carbonyl (C=O) groups is 12. The van der Waals surface area contributed by atoms with E-state index in [-0.39, 0.29) is 58.0 Å². The summed E-state index contributed by atoms with van der Waals surface area (Å²) in [6.07, 6.45) is 6.92. The molecule has 0 spiro atoms. The third-order valence-corrected chi connectivity index (χ3v) is 13.6. The topological polar surface area (TPSA) is 492 Å². The van der Waals surface area contributed by atoms with Crippen LogP contribution < -0.4 is 76.5 Å². The third-order valence-electron chi connectivity index (χ3n) is 13.0. The van der Waals surface area contributed by atoms with Gasteiger partial charge in [0.05, 0.1) is 31.4 Å². The summed E-state index contributed by atoms with van der Waals surface area (Å²) in [5.74, 6) is -10.4. The van der Waals surface area contributed by atoms with Crippen LogP contribution >= 0.6 is 11.8 Å². The summed E-state index contributed by atoms with van der Waals surface area (Å²) in [6.45, 7) is 6.69. The molecule has 0 saturated heterocycles. The van der Waals surface area contributed by atoms with Crippen LogP contribution in [0.2, 0.25) is 0 Å². The van der Waals surface area contributed by atoms with Gasteiger partial charge in [-0.2, -0.15) is 11.8 Å². The molecule has 458 valence electrons. The van der Waals surface area contributed by atoms with Crippen molar-refractivity contribution in [3.63, 3.8) is 0 Å². The van der Waals surface area contributed by atoms with E-state index in [0.717, 1.165) is 0 Å². The molecule has 10 atom stereocenters. The first kappa shape index (κ1) is 72.3. The maximum absolute atomic E-state index is 14.2. The van der Waals surface area contributed by atoms with Crippen LogP contribution in [0.3, 0.4) is 0 Å². The van der Waals surface area contributed by atoms with Gasteiger partial charge in [0.25, 0.3) is 0 Å². The number of amides is 10. The number of nitrogens with one attached hydrogen (secondary N) is 10. The molecule has 0 bridgehead atoms. The minimum Gasteiger partial charge on any atom is -0.481 e. The van der Waals surface area contributed by atoms with E-state index >= 15 is 0 Å². The molecule has 21 N–H and O–H groups in total. The van der Waals surface area contributed by atoms with Crippen LogP contribution in [0, 0.1) is 11.8 Å². The Morgan fingerprint density at radius 3 is 1.59 bits per heavy atom. The second-order valence-corrected chi connectivity index (χ2v) is 21.0. The van der Waals surface area contributed by atoms with E-state index in [0.29, 0.717) is 69.2 Å². The van der Waals surface area contributed by atoms with E-state index in [1.807, 2.05) is 6.26 Å². The molecule has 0 fully saturated rings. The van der Waals surface area contributed by atoms with E-state index in [2.05, 4.69) is 57.8 Å². The van der Waals surface area contributed by atoms with Crippen molar-refractivity contribution in [2.75, 3.05) is 38.2 Å². The summed E-state index contributed by atoms with van der Waals surface area (Å²) in [5, 5.41) is 32.7. The number of aromatic amines is 1. The van der Waals surface area contributed by atoms with Gasteiger partial charge in [0.2, 0.25) is 59.1 Å². The fourth-order valence-corrected chi connectivity index (χ4v) is 8.49. The van der Waals surface area contributed by atoms with E-state index in [9.17, 15) is 62.6 Å². The van der Waals surface area contributed by atoms with Crippen molar-refractivity contribution >= 4 is 83.1 Å². The van der Waals surface area contributed by atoms with Gasteiger partial charge in [-0.15, -0.1) is 0 Å². The zero-order chi connectivity index (χ0) is 61.0. The summed E-state index contributed by atoms with van der Waals surface area (Å²) in [4.78, 5) is 166. The summed E-state index contributed by atoms with van der Waals surface area (Å²) < 4.78 is 0. The number of rotatable bonds is 44. The number of nitrogens with two attached hydrogens (primary N) is 5. The molecule has 0 aliphatic rings. The number of carboxylic acid groups (broad SMARTS) is 1. The predicted octanol–water partition coefficient (Wildman–Crippen LogP) is -3.94. The van der Waals surface area contributed by atoms with Crippen LogP contribution in [0.25, 0.3) is 0 Å². The molecule has 1 aromatic heterocycles. The minimum atomic E-state index is -1.77. The number of H-pyrrole nitrogens is 1. The number of aldehydes is 1. The molecule has 0 saturated carbocycles. The number of unbranched alkanes of at least 4 members (excludes halogenated alkanes) is 3. The van der Waals surface area contributed by atoms with Crippen molar-refractivity contribution in [2.45, 2.75) is 178 Å². The van der Waals surface area contributed by atoms with Crippen molar-refractivity contribution in [3.8, 4) is 0 Å². The number of carbonyl (C=O) groups excluding carboxylic acids is 11. The van der Waals surface area contributed by atoms with Crippen molar-refractivity contribution in [1.82, 2.24) is 57.8 Å². The van der Waals surface area contributed by atoms with Gasteiger partial charge in [-0.25, -0.2) is 4.98 Å². The number of hydrogen-bond acceptors (Lipinski definition) is 18. The first-order chi connectivity index (χ1) is 38.5. The highest BCUT2D eigenvalue weighted by Gasteiger charge is 2.36. The lowest BCUT2D eigenvalue weighted by atomic mass is 9.95. The van der Waals surface area contributed by atoms with E-state index in [1.54, 1.807) is 27.7 Å². The lowest BCUT2D eigenvalue weighted by Gasteiger charge is -2.30. The second-order valence-electron chi connectivity index (χ2n) is 20.1. The number of thioether (sulfide) groups is 1. The Bertz CT molecular complexity index is 2170. The van der Waals surface area contributed by atoms with Gasteiger partial charge >= 0.3 is 5.97 Å². The van der Waals surface area contributed by atoms with Crippen molar-refractivity contribution < 1.29 is 62.6 Å². The molecule has 0 aromatic carbocycles. The Balaban J connectivity index is 3.38. The lowest BCUT2D eigenvalue weighted by molar-refractivity contribution is -0.141. The molecule has 10 amide bonds. The standard InChI is InChI=1S/C51H90N16O13S/c1-6-30(4)43(51(80)65-37(16-17-39(56)69)46(75)60-32(27-68)23-31-25-57-28-59-31)67-50(79)42(29(2)3)66-48(77)36(15-9-12-21-54)63-47(76)35(14-8-11-20-53)64-49(78)38(24-41(71)72)61-40(70)26-58-45(74)34(13-7-10-19-52)62-44(73)33(55)18-22-81-5/h25,27-30,32-38,42-43H,6-24,26,52-55H2,1-5H3,(H2,56,69)(H,57,59)(H,58,74)(H,60,75)(H,61,70)(H,62,73)(H,63,76)(H,64,78)(H,65,80)(H,66,77)(H,67,79)(H,71,72). The SMILES string of the molecule is CCC(C)C(NC(=O)C(NC(=O)C(CCCCN)NC(=O)C(CCCCN)NC(=O)C(CC(=O)O)NC(=O)CNC(=O)C(CCCCN)NC(=O)C(N)CCSC)C(C)C)C(=O)NC(CCC(N)=O)C(=O)NC(C=O)Cc1cnc[nH]1. The van der Waals surface area contributed by atoms with Gasteiger partial charge in [0, 0.05) is 24.7 Å². The number of carboxylic acids is 1. The van der Waals surface area contributed by atoms with E-state index in [4.69, 9.17) is 28.7 Å². The highest BCUT2D eigenvalue weighted by atomic mass is 32.2. The Hall–Kier alpha value is -6.76. The Labute approximate surface area is 477 Å². The minimum absolute atomic E-state index is 0.00399. The number of hydrogen-bond donors (Lipinski definition) is 16. The van der Waals surface area contributed by atoms with Gasteiger partial charge in [-0.1, -0.05) is 34.1 Å². The molecule has 10 unspecified atom stereocenters.